The van der Waals surface area contributed by atoms with Crippen molar-refractivity contribution in [1.82, 2.24) is 20.3 Å². The van der Waals surface area contributed by atoms with Gasteiger partial charge in [0, 0.05) is 43.9 Å². The molecule has 0 saturated carbocycles. The molecule has 1 amide bonds. The molecule has 7 rings (SSSR count). The number of nitrogens with one attached hydrogen (secondary N) is 1. The number of nitrogens with zero attached hydrogens (tertiary/aromatic N) is 4. The van der Waals surface area contributed by atoms with Gasteiger partial charge in [-0.1, -0.05) is 18.2 Å². The van der Waals surface area contributed by atoms with E-state index in [0.29, 0.717) is 32.7 Å². The second-order valence-electron chi connectivity index (χ2n) is 12.9. The van der Waals surface area contributed by atoms with E-state index in [0.717, 1.165) is 0 Å². The summed E-state index contributed by atoms with van der Waals surface area (Å²) in [7, 11) is -0.233. The lowest BCUT2D eigenvalue weighted by molar-refractivity contribution is -0.832. The minimum absolute atomic E-state index is 0.00338. The van der Waals surface area contributed by atoms with Crippen molar-refractivity contribution in [2.45, 2.75) is 9.92 Å². The Kier molecular flexibility index (Phi) is 12.1. The van der Waals surface area contributed by atoms with Crippen LogP contribution in [0.5, 0.6) is 40.4 Å². The molecule has 3 aliphatic heterocycles. The summed E-state index contributed by atoms with van der Waals surface area (Å²) in [4.78, 5) is 43.4. The van der Waals surface area contributed by atoms with Gasteiger partial charge < -0.3 is 53.2 Å². The van der Waals surface area contributed by atoms with Gasteiger partial charge in [0.15, 0.2) is 23.0 Å². The highest BCUT2D eigenvalue weighted by molar-refractivity contribution is 7.91. The van der Waals surface area contributed by atoms with Crippen LogP contribution >= 0.6 is 0 Å². The van der Waals surface area contributed by atoms with Crippen molar-refractivity contribution in [1.29, 1.82) is 0 Å². The van der Waals surface area contributed by atoms with Crippen molar-refractivity contribution in [2.24, 2.45) is 0 Å². The molecular formula is C37H39N5O16S. The number of esters is 2. The van der Waals surface area contributed by atoms with Crippen molar-refractivity contribution in [3.8, 4) is 51.5 Å². The predicted octanol–water partition coefficient (Wildman–Crippen LogP) is 1.04. The summed E-state index contributed by atoms with van der Waals surface area (Å²) in [5.74, 6) is -1.16. The number of carbonyl (C=O) groups excluding carboxylic acids is 3. The van der Waals surface area contributed by atoms with Crippen LogP contribution in [-0.4, -0.2) is 135 Å². The van der Waals surface area contributed by atoms with Crippen LogP contribution in [-0.2, 0) is 24.1 Å². The average Bonchev–Trinajstić information content (AvgIpc) is 4.03. The van der Waals surface area contributed by atoms with Crippen molar-refractivity contribution >= 4 is 27.7 Å². The number of methoxy groups -OCH3 is 3. The van der Waals surface area contributed by atoms with Gasteiger partial charge in [0.25, 0.3) is 9.84 Å². The van der Waals surface area contributed by atoms with Crippen molar-refractivity contribution in [3.63, 3.8) is 0 Å². The van der Waals surface area contributed by atoms with Crippen LogP contribution in [0.3, 0.4) is 0 Å². The minimum Gasteiger partial charge on any atom is -0.493 e. The summed E-state index contributed by atoms with van der Waals surface area (Å²) in [6, 6.07) is 10.2. The summed E-state index contributed by atoms with van der Waals surface area (Å²) in [5.41, 5.74) is 0.333. The number of fused-ring (bicyclic) bond motifs is 2. The Morgan fingerprint density at radius 1 is 0.814 bits per heavy atom. The van der Waals surface area contributed by atoms with Gasteiger partial charge in [0.1, 0.15) is 13.2 Å². The first-order valence-corrected chi connectivity index (χ1v) is 19.5. The number of amides is 1. The topological polar surface area (TPSA) is 240 Å². The van der Waals surface area contributed by atoms with Crippen LogP contribution in [0, 0.1) is 5.21 Å². The molecule has 0 unspecified atom stereocenters. The fraction of sp³-hybridized carbons (Fsp3) is 0.378. The first kappa shape index (κ1) is 40.7. The maximum Gasteiger partial charge on any atom is 0.415 e. The highest BCUT2D eigenvalue weighted by atomic mass is 32.2. The second kappa shape index (κ2) is 17.5. The Morgan fingerprint density at radius 2 is 1.39 bits per heavy atom. The van der Waals surface area contributed by atoms with Crippen LogP contribution in [0.4, 0.5) is 0 Å². The maximum atomic E-state index is 13.9. The summed E-state index contributed by atoms with van der Waals surface area (Å²) in [6.07, 6.45) is 0. The summed E-state index contributed by atoms with van der Waals surface area (Å²) in [6.45, 7) is 2.20. The molecule has 3 aromatic carbocycles. The summed E-state index contributed by atoms with van der Waals surface area (Å²) < 4.78 is 80.5. The monoisotopic (exact) mass is 841 g/mol. The molecule has 1 N–H and O–H groups in total. The molecule has 4 heterocycles. The van der Waals surface area contributed by atoms with E-state index < -0.39 is 32.7 Å². The molecule has 0 radical (unpaired) electrons. The molecule has 21 nitrogen and oxygen atoms in total. The molecule has 59 heavy (non-hydrogen) atoms. The number of ether oxygens (including phenoxy) is 9. The van der Waals surface area contributed by atoms with Crippen molar-refractivity contribution in [3.05, 3.63) is 58.8 Å². The normalized spacial score (nSPS) is 14.8. The molecule has 3 aliphatic rings. The fourth-order valence-corrected chi connectivity index (χ4v) is 7.96. The average molecular weight is 842 g/mol. The number of sulfone groups is 1. The van der Waals surface area contributed by atoms with E-state index in [2.05, 4.69) is 20.0 Å². The maximum absolute atomic E-state index is 13.9. The smallest absolute Gasteiger partial charge is 0.415 e. The zero-order valence-corrected chi connectivity index (χ0v) is 32.9. The zero-order valence-electron chi connectivity index (χ0n) is 32.0. The van der Waals surface area contributed by atoms with E-state index in [1.807, 2.05) is 4.90 Å². The molecule has 4 aromatic rings. The van der Waals surface area contributed by atoms with Gasteiger partial charge in [-0.25, -0.2) is 18.0 Å². The van der Waals surface area contributed by atoms with Gasteiger partial charge in [0.2, 0.25) is 31.0 Å². The third-order valence-corrected chi connectivity index (χ3v) is 11.2. The zero-order chi connectivity index (χ0) is 41.7. The van der Waals surface area contributed by atoms with Crippen LogP contribution in [0.25, 0.3) is 11.1 Å². The quantitative estimate of drug-likeness (QED) is 0.0942. The molecule has 22 heteroatoms. The van der Waals surface area contributed by atoms with Gasteiger partial charge in [-0.05, 0) is 29.2 Å². The molecule has 0 spiro atoms. The standard InChI is InChI=1S/C37H39N5O16S/c1-49-25-17-23(36(44)51-3)28(32-30(25)54-20-56-32)29-24(18-26(50-2)31-33(29)57-21-55-31)37(45)53-16-14-40-10-12-41(13-11-40)19-27(43)38-9-15-52-34-35(42(46)58-39-34)59(47,48)22-7-5-4-6-8-22/h4-8,17-18H,9-16,19-21H2,1-3H3,(H,38,43). The number of benzene rings is 3. The Morgan fingerprint density at radius 3 is 1.98 bits per heavy atom. The molecular weight excluding hydrogens is 802 g/mol. The number of piperazine rings is 1. The van der Waals surface area contributed by atoms with Crippen molar-refractivity contribution in [2.75, 3.05) is 93.9 Å². The van der Waals surface area contributed by atoms with E-state index in [4.69, 9.17) is 42.6 Å². The van der Waals surface area contributed by atoms with Gasteiger partial charge in [-0.2, -0.15) is 0 Å². The van der Waals surface area contributed by atoms with E-state index in [1.165, 1.54) is 57.7 Å². The second-order valence-corrected chi connectivity index (χ2v) is 14.8. The van der Waals surface area contributed by atoms with E-state index in [-0.39, 0.29) is 112 Å². The van der Waals surface area contributed by atoms with E-state index in [1.54, 1.807) is 6.07 Å². The van der Waals surface area contributed by atoms with Gasteiger partial charge >= 0.3 is 22.8 Å². The molecule has 0 bridgehead atoms. The number of aromatic nitrogens is 2. The number of hydrogen-bond donors (Lipinski definition) is 1. The van der Waals surface area contributed by atoms with Crippen LogP contribution in [0.15, 0.2) is 57.0 Å². The largest absolute Gasteiger partial charge is 0.493 e. The number of hydrogen-bond acceptors (Lipinski definition) is 19. The third kappa shape index (κ3) is 8.27. The molecule has 1 aromatic heterocycles. The van der Waals surface area contributed by atoms with E-state index in [9.17, 15) is 28.0 Å². The van der Waals surface area contributed by atoms with Gasteiger partial charge in [-0.3, -0.25) is 19.2 Å². The van der Waals surface area contributed by atoms with Crippen LogP contribution in [0.1, 0.15) is 20.7 Å². The highest BCUT2D eigenvalue weighted by Crippen LogP contribution is 2.56. The van der Waals surface area contributed by atoms with Crippen LogP contribution < -0.4 is 43.4 Å². The predicted molar refractivity (Wildman–Crippen MR) is 198 cm³/mol. The Hall–Kier alpha value is -6.52. The lowest BCUT2D eigenvalue weighted by atomic mass is 9.92. The van der Waals surface area contributed by atoms with E-state index >= 15 is 0 Å². The molecule has 0 atom stereocenters. The molecule has 1 fully saturated rings. The Balaban J connectivity index is 0.928. The fourth-order valence-electron chi connectivity index (χ4n) is 6.66. The SMILES string of the molecule is COC(=O)c1cc(OC)c2c(c1-c1c(C(=O)OCCN3CCN(CC(=O)NCCOc4no[n+]([O-])c4S(=O)(=O)c4ccccc4)CC3)cc(OC)c3c1OCO3)OCO2. The van der Waals surface area contributed by atoms with Gasteiger partial charge in [0.05, 0.1) is 55.6 Å². The molecule has 314 valence electrons. The third-order valence-electron chi connectivity index (χ3n) is 9.52. The Labute approximate surface area is 336 Å². The lowest BCUT2D eigenvalue weighted by Gasteiger charge is -2.34. The summed E-state index contributed by atoms with van der Waals surface area (Å²) >= 11 is 0. The van der Waals surface area contributed by atoms with Gasteiger partial charge in [-0.15, -0.1) is 0 Å². The minimum atomic E-state index is -4.28. The highest BCUT2D eigenvalue weighted by Gasteiger charge is 2.39. The first-order valence-electron chi connectivity index (χ1n) is 18.1. The Bertz CT molecular complexity index is 2330. The first-order chi connectivity index (χ1) is 28.5. The van der Waals surface area contributed by atoms with Crippen LogP contribution in [0.2, 0.25) is 0 Å². The number of carbonyl (C=O) groups is 3. The molecule has 0 aliphatic carbocycles. The summed E-state index contributed by atoms with van der Waals surface area (Å²) in [5, 5.41) is 17.4. The van der Waals surface area contributed by atoms with Crippen molar-refractivity contribution < 1.29 is 75.0 Å². The lowest BCUT2D eigenvalue weighted by Crippen LogP contribution is -2.50. The number of rotatable bonds is 16. The molecule has 1 saturated heterocycles.